The zero-order chi connectivity index (χ0) is 17.1. The zero-order valence-electron chi connectivity index (χ0n) is 14.2. The van der Waals surface area contributed by atoms with Crippen molar-refractivity contribution in [3.8, 4) is 0 Å². The van der Waals surface area contributed by atoms with E-state index < -0.39 is 4.92 Å². The molecule has 6 nitrogen and oxygen atoms in total. The van der Waals surface area contributed by atoms with E-state index >= 15 is 0 Å². The quantitative estimate of drug-likeness (QED) is 0.653. The van der Waals surface area contributed by atoms with Crippen LogP contribution in [0.2, 0.25) is 0 Å². The number of carbonyl (C=O) groups excluding carboxylic acids is 1. The number of nitrogens with zero attached hydrogens (tertiary/aromatic N) is 1. The molecule has 1 saturated heterocycles. The van der Waals surface area contributed by atoms with Gasteiger partial charge < -0.3 is 10.2 Å². The first-order chi connectivity index (χ1) is 11.5. The Morgan fingerprint density at radius 2 is 2.04 bits per heavy atom. The van der Waals surface area contributed by atoms with E-state index in [9.17, 15) is 14.9 Å². The number of amides is 1. The molecule has 0 radical (unpaired) electrons. The van der Waals surface area contributed by atoms with Gasteiger partial charge in [0.05, 0.1) is 18.0 Å². The summed E-state index contributed by atoms with van der Waals surface area (Å²) in [6.45, 7) is 4.45. The maximum absolute atomic E-state index is 12.3. The van der Waals surface area contributed by atoms with Crippen LogP contribution < -0.4 is 10.2 Å². The number of nitro benzene ring substituents is 1. The van der Waals surface area contributed by atoms with E-state index in [-0.39, 0.29) is 11.6 Å². The topological polar surface area (TPSA) is 76.7 Å². The van der Waals surface area contributed by atoms with Crippen molar-refractivity contribution in [2.75, 3.05) is 25.0 Å². The summed E-state index contributed by atoms with van der Waals surface area (Å²) in [5.41, 5.74) is 1.44. The standard InChI is InChI=1S/C18H25N3O3/c1-13-10-16(21(23)24)6-7-17(13)19-18(22)12-20-9-8-14-4-2-3-5-15(14)11-20/h6-7,10,14-15H,2-5,8-9,11-12H2,1H3,(H,19,22)/p+1/t14-,15+/m0/s1. The molecule has 1 aromatic rings. The number of benzene rings is 1. The molecule has 1 unspecified atom stereocenters. The lowest BCUT2D eigenvalue weighted by molar-refractivity contribution is -0.902. The number of nitro groups is 1. The fraction of sp³-hybridized carbons (Fsp3) is 0.611. The van der Waals surface area contributed by atoms with Gasteiger partial charge in [-0.25, -0.2) is 0 Å². The van der Waals surface area contributed by atoms with Crippen molar-refractivity contribution < 1.29 is 14.6 Å². The first-order valence-electron chi connectivity index (χ1n) is 8.91. The normalized spacial score (nSPS) is 26.5. The van der Waals surface area contributed by atoms with E-state index in [1.54, 1.807) is 13.0 Å². The van der Waals surface area contributed by atoms with Crippen LogP contribution in [-0.4, -0.2) is 30.5 Å². The molecule has 1 saturated carbocycles. The van der Waals surface area contributed by atoms with E-state index in [2.05, 4.69) is 5.32 Å². The lowest BCUT2D eigenvalue weighted by Crippen LogP contribution is -3.15. The van der Waals surface area contributed by atoms with E-state index in [1.165, 1.54) is 49.1 Å². The Kier molecular flexibility index (Phi) is 5.14. The number of piperidine rings is 1. The molecule has 2 fully saturated rings. The SMILES string of the molecule is Cc1cc([N+](=O)[O-])ccc1NC(=O)C[NH+]1CC[C@@H]2CCCC[C@@H]2C1. The van der Waals surface area contributed by atoms with Crippen molar-refractivity contribution in [2.24, 2.45) is 11.8 Å². The Labute approximate surface area is 142 Å². The molecule has 130 valence electrons. The molecule has 6 heteroatoms. The van der Waals surface area contributed by atoms with Crippen LogP contribution in [-0.2, 0) is 4.79 Å². The second kappa shape index (κ2) is 7.30. The summed E-state index contributed by atoms with van der Waals surface area (Å²) >= 11 is 0. The van der Waals surface area contributed by atoms with Crippen LogP contribution >= 0.6 is 0 Å². The molecule has 3 atom stereocenters. The number of hydrogen-bond donors (Lipinski definition) is 2. The lowest BCUT2D eigenvalue weighted by Gasteiger charge is -2.38. The number of non-ortho nitro benzene ring substituents is 1. The Balaban J connectivity index is 1.55. The highest BCUT2D eigenvalue weighted by molar-refractivity contribution is 5.92. The van der Waals surface area contributed by atoms with Gasteiger partial charge in [-0.15, -0.1) is 0 Å². The molecule has 1 heterocycles. The number of fused-ring (bicyclic) bond motifs is 1. The number of anilines is 1. The van der Waals surface area contributed by atoms with Gasteiger partial charge in [0, 0.05) is 23.7 Å². The van der Waals surface area contributed by atoms with Crippen LogP contribution in [0.25, 0.3) is 0 Å². The van der Waals surface area contributed by atoms with Crippen molar-refractivity contribution >= 4 is 17.3 Å². The summed E-state index contributed by atoms with van der Waals surface area (Å²) in [6, 6.07) is 4.55. The van der Waals surface area contributed by atoms with Crippen LogP contribution in [0, 0.1) is 28.9 Å². The highest BCUT2D eigenvalue weighted by Crippen LogP contribution is 2.32. The van der Waals surface area contributed by atoms with E-state index in [0.717, 1.165) is 30.5 Å². The van der Waals surface area contributed by atoms with Gasteiger partial charge in [0.2, 0.25) is 0 Å². The van der Waals surface area contributed by atoms with E-state index in [1.807, 2.05) is 0 Å². The van der Waals surface area contributed by atoms with Crippen molar-refractivity contribution in [2.45, 2.75) is 39.0 Å². The number of nitrogens with one attached hydrogen (secondary N) is 2. The summed E-state index contributed by atoms with van der Waals surface area (Å²) in [5.74, 6) is 1.66. The Morgan fingerprint density at radius 3 is 2.75 bits per heavy atom. The van der Waals surface area contributed by atoms with Crippen LogP contribution in [0.3, 0.4) is 0 Å². The highest BCUT2D eigenvalue weighted by Gasteiger charge is 2.34. The number of carbonyl (C=O) groups is 1. The number of hydrogen-bond acceptors (Lipinski definition) is 3. The largest absolute Gasteiger partial charge is 0.327 e. The van der Waals surface area contributed by atoms with Crippen molar-refractivity contribution in [1.29, 1.82) is 0 Å². The fourth-order valence-corrected chi connectivity index (χ4v) is 4.28. The van der Waals surface area contributed by atoms with Crippen LogP contribution in [0.1, 0.15) is 37.7 Å². The summed E-state index contributed by atoms with van der Waals surface area (Å²) in [6.07, 6.45) is 6.63. The average Bonchev–Trinajstić information content (AvgIpc) is 2.56. The number of likely N-dealkylation sites (tertiary alicyclic amines) is 1. The van der Waals surface area contributed by atoms with Crippen molar-refractivity contribution in [3.05, 3.63) is 33.9 Å². The van der Waals surface area contributed by atoms with Crippen LogP contribution in [0.5, 0.6) is 0 Å². The molecule has 1 aliphatic heterocycles. The highest BCUT2D eigenvalue weighted by atomic mass is 16.6. The Hall–Kier alpha value is -1.95. The van der Waals surface area contributed by atoms with Gasteiger partial charge >= 0.3 is 0 Å². The van der Waals surface area contributed by atoms with E-state index in [4.69, 9.17) is 0 Å². The third-order valence-corrected chi connectivity index (χ3v) is 5.59. The monoisotopic (exact) mass is 332 g/mol. The first-order valence-corrected chi connectivity index (χ1v) is 8.91. The van der Waals surface area contributed by atoms with Gasteiger partial charge in [-0.05, 0) is 43.7 Å². The molecular formula is C18H26N3O3+. The predicted octanol–water partition coefficient (Wildman–Crippen LogP) is 1.94. The Morgan fingerprint density at radius 1 is 1.29 bits per heavy atom. The van der Waals surface area contributed by atoms with Gasteiger partial charge in [-0.3, -0.25) is 14.9 Å². The molecule has 2 N–H and O–H groups in total. The van der Waals surface area contributed by atoms with Gasteiger partial charge in [-0.2, -0.15) is 0 Å². The predicted molar refractivity (Wildman–Crippen MR) is 92.1 cm³/mol. The average molecular weight is 332 g/mol. The molecule has 1 aromatic carbocycles. The minimum Gasteiger partial charge on any atom is -0.327 e. The molecule has 24 heavy (non-hydrogen) atoms. The first kappa shape index (κ1) is 16.9. The summed E-state index contributed by atoms with van der Waals surface area (Å²) < 4.78 is 0. The molecule has 0 aromatic heterocycles. The van der Waals surface area contributed by atoms with Gasteiger partial charge in [0.1, 0.15) is 0 Å². The lowest BCUT2D eigenvalue weighted by atomic mass is 9.75. The molecule has 2 aliphatic rings. The third kappa shape index (κ3) is 3.93. The molecule has 0 spiro atoms. The molecule has 3 rings (SSSR count). The van der Waals surface area contributed by atoms with Crippen molar-refractivity contribution in [1.82, 2.24) is 0 Å². The second-order valence-electron chi connectivity index (χ2n) is 7.28. The smallest absolute Gasteiger partial charge is 0.279 e. The van der Waals surface area contributed by atoms with E-state index in [0.29, 0.717) is 12.2 Å². The number of aryl methyl sites for hydroxylation is 1. The second-order valence-corrected chi connectivity index (χ2v) is 7.28. The molecular weight excluding hydrogens is 306 g/mol. The number of rotatable bonds is 4. The van der Waals surface area contributed by atoms with Crippen LogP contribution in [0.15, 0.2) is 18.2 Å². The maximum atomic E-state index is 12.3. The maximum Gasteiger partial charge on any atom is 0.279 e. The van der Waals surface area contributed by atoms with Gasteiger partial charge in [0.15, 0.2) is 6.54 Å². The van der Waals surface area contributed by atoms with Gasteiger partial charge in [0.25, 0.3) is 11.6 Å². The van der Waals surface area contributed by atoms with Gasteiger partial charge in [-0.1, -0.05) is 12.8 Å². The third-order valence-electron chi connectivity index (χ3n) is 5.59. The molecule has 1 amide bonds. The minimum absolute atomic E-state index is 0.00351. The fourth-order valence-electron chi connectivity index (χ4n) is 4.28. The summed E-state index contributed by atoms with van der Waals surface area (Å²) in [4.78, 5) is 24.1. The minimum atomic E-state index is -0.420. The van der Waals surface area contributed by atoms with Crippen LogP contribution in [0.4, 0.5) is 11.4 Å². The summed E-state index contributed by atoms with van der Waals surface area (Å²) in [7, 11) is 0. The summed E-state index contributed by atoms with van der Waals surface area (Å²) in [5, 5.41) is 13.7. The number of quaternary nitrogens is 1. The molecule has 0 bridgehead atoms. The Bertz CT molecular complexity index is 632. The van der Waals surface area contributed by atoms with Crippen molar-refractivity contribution in [3.63, 3.8) is 0 Å². The molecule has 1 aliphatic carbocycles. The zero-order valence-corrected chi connectivity index (χ0v) is 14.2.